The summed E-state index contributed by atoms with van der Waals surface area (Å²) in [5.41, 5.74) is 1.59. The van der Waals surface area contributed by atoms with E-state index in [0.717, 1.165) is 5.69 Å². The van der Waals surface area contributed by atoms with Gasteiger partial charge in [-0.05, 0) is 26.0 Å². The summed E-state index contributed by atoms with van der Waals surface area (Å²) in [6.07, 6.45) is 2.66. The third-order valence-electron chi connectivity index (χ3n) is 3.24. The van der Waals surface area contributed by atoms with Crippen LogP contribution in [0.3, 0.4) is 0 Å². The summed E-state index contributed by atoms with van der Waals surface area (Å²) >= 11 is 6.12. The van der Waals surface area contributed by atoms with Gasteiger partial charge in [-0.25, -0.2) is 9.37 Å². The van der Waals surface area contributed by atoms with Gasteiger partial charge in [0.2, 0.25) is 5.95 Å². The number of hydrogen-bond acceptors (Lipinski definition) is 6. The van der Waals surface area contributed by atoms with Crippen LogP contribution >= 0.6 is 11.6 Å². The Morgan fingerprint density at radius 2 is 2.08 bits per heavy atom. The summed E-state index contributed by atoms with van der Waals surface area (Å²) in [5.74, 6) is 1.02. The van der Waals surface area contributed by atoms with Gasteiger partial charge in [-0.2, -0.15) is 10.1 Å². The molecule has 124 valence electrons. The van der Waals surface area contributed by atoms with E-state index in [1.54, 1.807) is 6.07 Å². The Hall–Kier alpha value is -2.74. The molecule has 24 heavy (non-hydrogen) atoms. The lowest BCUT2D eigenvalue weighted by molar-refractivity contribution is 0.617. The molecule has 0 bridgehead atoms. The molecule has 0 aromatic carbocycles. The van der Waals surface area contributed by atoms with E-state index in [1.807, 2.05) is 19.9 Å². The van der Waals surface area contributed by atoms with E-state index < -0.39 is 0 Å². The van der Waals surface area contributed by atoms with Gasteiger partial charge in [0.05, 0.1) is 24.1 Å². The van der Waals surface area contributed by atoms with Crippen LogP contribution in [0.2, 0.25) is 5.02 Å². The minimum absolute atomic E-state index is 0.202. The van der Waals surface area contributed by atoms with Crippen LogP contribution in [0.1, 0.15) is 24.4 Å². The largest absolute Gasteiger partial charge is 0.346 e. The molecule has 3 rings (SSSR count). The minimum Gasteiger partial charge on any atom is -0.346 e. The second-order valence-corrected chi connectivity index (χ2v) is 5.63. The molecule has 3 aromatic heterocycles. The van der Waals surface area contributed by atoms with E-state index in [4.69, 9.17) is 11.6 Å². The molecular formula is C15H15ClFN7. The van der Waals surface area contributed by atoms with Crippen LogP contribution in [0.5, 0.6) is 0 Å². The van der Waals surface area contributed by atoms with Crippen LogP contribution in [-0.4, -0.2) is 25.1 Å². The standard InChI is InChI=1S/C15H15ClFN7/c1-8-5-13(24-23-8)21-14-11(16)7-19-15(22-14)20-9(2)12-4-3-10(17)6-18-12/h3-7,9H,1-2H3,(H3,19,20,21,22,23,24)/t9-/m0/s1. The summed E-state index contributed by atoms with van der Waals surface area (Å²) in [4.78, 5) is 12.5. The molecular weight excluding hydrogens is 333 g/mol. The van der Waals surface area contributed by atoms with Crippen molar-refractivity contribution in [2.45, 2.75) is 19.9 Å². The Morgan fingerprint density at radius 1 is 1.25 bits per heavy atom. The molecule has 0 spiro atoms. The zero-order valence-corrected chi connectivity index (χ0v) is 13.8. The van der Waals surface area contributed by atoms with Gasteiger partial charge in [0.1, 0.15) is 10.8 Å². The molecule has 0 radical (unpaired) electrons. The fourth-order valence-corrected chi connectivity index (χ4v) is 2.18. The third kappa shape index (κ3) is 3.77. The van der Waals surface area contributed by atoms with Crippen LogP contribution in [-0.2, 0) is 0 Å². The van der Waals surface area contributed by atoms with E-state index in [0.29, 0.717) is 28.3 Å². The van der Waals surface area contributed by atoms with Crippen molar-refractivity contribution in [1.29, 1.82) is 0 Å². The van der Waals surface area contributed by atoms with E-state index in [-0.39, 0.29) is 11.9 Å². The maximum Gasteiger partial charge on any atom is 0.225 e. The Labute approximate surface area is 142 Å². The average molecular weight is 348 g/mol. The number of hydrogen-bond donors (Lipinski definition) is 3. The zero-order valence-electron chi connectivity index (χ0n) is 13.0. The molecule has 0 saturated heterocycles. The van der Waals surface area contributed by atoms with Crippen LogP contribution < -0.4 is 10.6 Å². The lowest BCUT2D eigenvalue weighted by Crippen LogP contribution is -2.11. The van der Waals surface area contributed by atoms with Crippen molar-refractivity contribution in [2.24, 2.45) is 0 Å². The first-order chi connectivity index (χ1) is 11.5. The van der Waals surface area contributed by atoms with Crippen LogP contribution in [0.4, 0.5) is 22.0 Å². The zero-order chi connectivity index (χ0) is 17.1. The van der Waals surface area contributed by atoms with Gasteiger partial charge in [0.15, 0.2) is 11.6 Å². The molecule has 9 heteroatoms. The highest BCUT2D eigenvalue weighted by Gasteiger charge is 2.12. The Balaban J connectivity index is 1.76. The second kappa shape index (κ2) is 6.79. The third-order valence-corrected chi connectivity index (χ3v) is 3.51. The number of aromatic nitrogens is 5. The highest BCUT2D eigenvalue weighted by atomic mass is 35.5. The lowest BCUT2D eigenvalue weighted by atomic mass is 10.2. The number of halogens is 2. The van der Waals surface area contributed by atoms with Gasteiger partial charge < -0.3 is 10.6 Å². The summed E-state index contributed by atoms with van der Waals surface area (Å²) in [6, 6.07) is 4.59. The van der Waals surface area contributed by atoms with Gasteiger partial charge in [0.25, 0.3) is 0 Å². The van der Waals surface area contributed by atoms with Crippen molar-refractivity contribution in [1.82, 2.24) is 25.1 Å². The van der Waals surface area contributed by atoms with Gasteiger partial charge in [0, 0.05) is 11.8 Å². The molecule has 3 heterocycles. The quantitative estimate of drug-likeness (QED) is 0.653. The summed E-state index contributed by atoms with van der Waals surface area (Å²) in [6.45, 7) is 3.77. The molecule has 3 aromatic rings. The molecule has 0 saturated carbocycles. The second-order valence-electron chi connectivity index (χ2n) is 5.22. The Bertz CT molecular complexity index is 834. The van der Waals surface area contributed by atoms with Crippen LogP contribution in [0.15, 0.2) is 30.6 Å². The van der Waals surface area contributed by atoms with Gasteiger partial charge in [-0.15, -0.1) is 0 Å². The van der Waals surface area contributed by atoms with Gasteiger partial charge in [-0.1, -0.05) is 11.6 Å². The fourth-order valence-electron chi connectivity index (χ4n) is 2.04. The number of pyridine rings is 1. The molecule has 0 unspecified atom stereocenters. The number of rotatable bonds is 5. The molecule has 0 amide bonds. The van der Waals surface area contributed by atoms with Crippen molar-refractivity contribution in [3.8, 4) is 0 Å². The average Bonchev–Trinajstić information content (AvgIpc) is 2.96. The number of aromatic amines is 1. The van der Waals surface area contributed by atoms with Crippen molar-refractivity contribution in [3.05, 3.63) is 52.8 Å². The predicted molar refractivity (Wildman–Crippen MR) is 89.9 cm³/mol. The topological polar surface area (TPSA) is 91.4 Å². The van der Waals surface area contributed by atoms with Crippen molar-refractivity contribution in [3.63, 3.8) is 0 Å². The SMILES string of the molecule is Cc1cc(Nc2nc(N[C@@H](C)c3ccc(F)cn3)ncc2Cl)n[nH]1. The molecule has 0 aliphatic rings. The Morgan fingerprint density at radius 3 is 2.75 bits per heavy atom. The lowest BCUT2D eigenvalue weighted by Gasteiger charge is -2.14. The molecule has 0 fully saturated rings. The van der Waals surface area contributed by atoms with E-state index >= 15 is 0 Å². The summed E-state index contributed by atoms with van der Waals surface area (Å²) in [7, 11) is 0. The first-order valence-corrected chi connectivity index (χ1v) is 7.58. The van der Waals surface area contributed by atoms with E-state index in [9.17, 15) is 4.39 Å². The monoisotopic (exact) mass is 347 g/mol. The maximum absolute atomic E-state index is 12.9. The summed E-state index contributed by atoms with van der Waals surface area (Å²) in [5, 5.41) is 13.4. The van der Waals surface area contributed by atoms with E-state index in [2.05, 4.69) is 35.8 Å². The number of aryl methyl sites for hydroxylation is 1. The molecule has 7 nitrogen and oxygen atoms in total. The maximum atomic E-state index is 12.9. The van der Waals surface area contributed by atoms with Crippen molar-refractivity contribution < 1.29 is 4.39 Å². The highest BCUT2D eigenvalue weighted by Crippen LogP contribution is 2.24. The molecule has 0 aliphatic carbocycles. The smallest absolute Gasteiger partial charge is 0.225 e. The van der Waals surface area contributed by atoms with Gasteiger partial charge >= 0.3 is 0 Å². The van der Waals surface area contributed by atoms with Crippen LogP contribution in [0.25, 0.3) is 0 Å². The predicted octanol–water partition coefficient (Wildman–Crippen LogP) is 3.61. The first-order valence-electron chi connectivity index (χ1n) is 7.21. The van der Waals surface area contributed by atoms with Crippen molar-refractivity contribution in [2.75, 3.05) is 10.6 Å². The van der Waals surface area contributed by atoms with E-state index in [1.165, 1.54) is 18.5 Å². The molecule has 1 atom stereocenters. The van der Waals surface area contributed by atoms with Gasteiger partial charge in [-0.3, -0.25) is 10.1 Å². The van der Waals surface area contributed by atoms with Crippen LogP contribution in [0, 0.1) is 12.7 Å². The fraction of sp³-hybridized carbons (Fsp3) is 0.200. The highest BCUT2D eigenvalue weighted by molar-refractivity contribution is 6.32. The normalized spacial score (nSPS) is 12.0. The number of nitrogens with one attached hydrogen (secondary N) is 3. The first kappa shape index (κ1) is 16.1. The number of anilines is 3. The summed E-state index contributed by atoms with van der Waals surface area (Å²) < 4.78 is 12.9. The molecule has 3 N–H and O–H groups in total. The number of nitrogens with zero attached hydrogens (tertiary/aromatic N) is 4. The molecule has 0 aliphatic heterocycles. The minimum atomic E-state index is -0.380. The Kier molecular flexibility index (Phi) is 4.57. The number of H-pyrrole nitrogens is 1. The van der Waals surface area contributed by atoms with Crippen molar-refractivity contribution >= 4 is 29.2 Å².